The molecule has 8 heteroatoms. The fourth-order valence-electron chi connectivity index (χ4n) is 2.32. The molecule has 0 saturated heterocycles. The number of carbonyl (C=O) groups is 3. The minimum atomic E-state index is -0.534. The van der Waals surface area contributed by atoms with E-state index < -0.39 is 11.4 Å². The second-order valence-electron chi connectivity index (χ2n) is 7.47. The van der Waals surface area contributed by atoms with Crippen molar-refractivity contribution in [1.82, 2.24) is 0 Å². The van der Waals surface area contributed by atoms with E-state index >= 15 is 0 Å². The highest BCUT2D eigenvalue weighted by Gasteiger charge is 2.21. The fourth-order valence-corrected chi connectivity index (χ4v) is 2.32. The second kappa shape index (κ2) is 9.78. The number of nitrogens with one attached hydrogen (secondary N) is 2. The van der Waals surface area contributed by atoms with Gasteiger partial charge in [-0.1, -0.05) is 26.8 Å². The van der Waals surface area contributed by atoms with Crippen LogP contribution in [0.4, 0.5) is 11.4 Å². The highest BCUT2D eigenvalue weighted by molar-refractivity contribution is 6.05. The van der Waals surface area contributed by atoms with Crippen molar-refractivity contribution in [1.29, 1.82) is 0 Å². The molecule has 0 spiro atoms. The molecule has 0 saturated carbocycles. The summed E-state index contributed by atoms with van der Waals surface area (Å²) in [5.41, 5.74) is 0.906. The molecule has 30 heavy (non-hydrogen) atoms. The molecule has 0 radical (unpaired) electrons. The van der Waals surface area contributed by atoms with Crippen molar-refractivity contribution in [3.8, 4) is 11.5 Å². The maximum atomic E-state index is 12.6. The largest absolute Gasteiger partial charge is 0.493 e. The first-order valence-electron chi connectivity index (χ1n) is 9.24. The van der Waals surface area contributed by atoms with Crippen LogP contribution in [0.5, 0.6) is 11.5 Å². The zero-order chi connectivity index (χ0) is 22.3. The third kappa shape index (κ3) is 6.23. The van der Waals surface area contributed by atoms with Gasteiger partial charge >= 0.3 is 5.97 Å². The van der Waals surface area contributed by atoms with Crippen LogP contribution >= 0.6 is 0 Å². The zero-order valence-electron chi connectivity index (χ0n) is 17.7. The molecule has 160 valence electrons. The molecule has 2 aromatic rings. The predicted octanol–water partition coefficient (Wildman–Crippen LogP) is 3.48. The van der Waals surface area contributed by atoms with E-state index in [2.05, 4.69) is 15.4 Å². The summed E-state index contributed by atoms with van der Waals surface area (Å²) in [4.78, 5) is 36.0. The van der Waals surface area contributed by atoms with E-state index in [0.29, 0.717) is 28.4 Å². The number of hydrogen-bond donors (Lipinski definition) is 2. The van der Waals surface area contributed by atoms with E-state index in [1.807, 2.05) is 20.8 Å². The number of esters is 1. The fraction of sp³-hybridized carbons (Fsp3) is 0.318. The molecule has 0 bridgehead atoms. The van der Waals surface area contributed by atoms with Crippen LogP contribution in [-0.2, 0) is 14.3 Å². The van der Waals surface area contributed by atoms with Gasteiger partial charge in [0, 0.05) is 22.4 Å². The summed E-state index contributed by atoms with van der Waals surface area (Å²) in [6, 6.07) is 11.5. The van der Waals surface area contributed by atoms with Gasteiger partial charge in [0.05, 0.1) is 14.2 Å². The maximum absolute atomic E-state index is 12.6. The summed E-state index contributed by atoms with van der Waals surface area (Å²) in [6.45, 7) is 5.19. The Morgan fingerprint density at radius 3 is 2.17 bits per heavy atom. The van der Waals surface area contributed by atoms with Crippen molar-refractivity contribution in [3.63, 3.8) is 0 Å². The van der Waals surface area contributed by atoms with E-state index in [4.69, 9.17) is 9.47 Å². The molecule has 2 amide bonds. The van der Waals surface area contributed by atoms with Gasteiger partial charge in [-0.2, -0.15) is 0 Å². The van der Waals surface area contributed by atoms with Crippen LogP contribution in [0.3, 0.4) is 0 Å². The quantitative estimate of drug-likeness (QED) is 0.673. The lowest BCUT2D eigenvalue weighted by Crippen LogP contribution is -2.27. The number of benzene rings is 2. The average Bonchev–Trinajstić information content (AvgIpc) is 2.71. The molecule has 2 aromatic carbocycles. The number of rotatable bonds is 7. The summed E-state index contributed by atoms with van der Waals surface area (Å²) in [5, 5.41) is 5.60. The average molecular weight is 414 g/mol. The normalized spacial score (nSPS) is 10.7. The lowest BCUT2D eigenvalue weighted by atomic mass is 9.95. The van der Waals surface area contributed by atoms with Crippen LogP contribution in [-0.4, -0.2) is 38.6 Å². The molecular weight excluding hydrogens is 388 g/mol. The van der Waals surface area contributed by atoms with Gasteiger partial charge in [-0.15, -0.1) is 0 Å². The van der Waals surface area contributed by atoms with Gasteiger partial charge in [0.1, 0.15) is 0 Å². The first-order valence-corrected chi connectivity index (χ1v) is 9.24. The molecule has 8 nitrogen and oxygen atoms in total. The number of methoxy groups -OCH3 is 2. The van der Waals surface area contributed by atoms with Gasteiger partial charge in [-0.05, 0) is 36.4 Å². The van der Waals surface area contributed by atoms with Crippen molar-refractivity contribution in [2.24, 2.45) is 5.41 Å². The first kappa shape index (κ1) is 22.7. The molecule has 0 aliphatic heterocycles. The van der Waals surface area contributed by atoms with E-state index in [-0.39, 0.29) is 18.4 Å². The van der Waals surface area contributed by atoms with E-state index in [0.717, 1.165) is 0 Å². The van der Waals surface area contributed by atoms with Crippen LogP contribution < -0.4 is 20.1 Å². The predicted molar refractivity (Wildman–Crippen MR) is 113 cm³/mol. The summed E-state index contributed by atoms with van der Waals surface area (Å²) < 4.78 is 15.1. The maximum Gasteiger partial charge on any atom is 0.343 e. The van der Waals surface area contributed by atoms with Crippen molar-refractivity contribution in [3.05, 3.63) is 48.0 Å². The molecular formula is C22H26N2O6. The van der Waals surface area contributed by atoms with E-state index in [1.165, 1.54) is 26.4 Å². The molecule has 0 fully saturated rings. The second-order valence-corrected chi connectivity index (χ2v) is 7.47. The lowest BCUT2D eigenvalue weighted by molar-refractivity contribution is -0.142. The van der Waals surface area contributed by atoms with Gasteiger partial charge in [0.15, 0.2) is 18.1 Å². The monoisotopic (exact) mass is 414 g/mol. The van der Waals surface area contributed by atoms with E-state index in [1.54, 1.807) is 30.3 Å². The zero-order valence-corrected chi connectivity index (χ0v) is 17.7. The lowest BCUT2D eigenvalue weighted by Gasteiger charge is -2.18. The smallest absolute Gasteiger partial charge is 0.343 e. The number of anilines is 2. The van der Waals surface area contributed by atoms with Crippen molar-refractivity contribution >= 4 is 29.2 Å². The Morgan fingerprint density at radius 1 is 0.900 bits per heavy atom. The minimum Gasteiger partial charge on any atom is -0.493 e. The Morgan fingerprint density at radius 2 is 1.57 bits per heavy atom. The third-order valence-electron chi connectivity index (χ3n) is 4.06. The van der Waals surface area contributed by atoms with Crippen LogP contribution in [0.2, 0.25) is 0 Å². The molecule has 0 unspecified atom stereocenters. The first-order chi connectivity index (χ1) is 14.1. The highest BCUT2D eigenvalue weighted by atomic mass is 16.6. The summed E-state index contributed by atoms with van der Waals surface area (Å²) in [7, 11) is 2.70. The Balaban J connectivity index is 2.11. The molecule has 0 atom stereocenters. The molecule has 0 aliphatic rings. The van der Waals surface area contributed by atoms with Crippen LogP contribution in [0.25, 0.3) is 0 Å². The van der Waals surface area contributed by atoms with Crippen molar-refractivity contribution in [2.75, 3.05) is 31.5 Å². The molecule has 2 N–H and O–H groups in total. The molecule has 0 aromatic heterocycles. The number of ether oxygens (including phenoxy) is 3. The minimum absolute atomic E-state index is 0.127. The summed E-state index contributed by atoms with van der Waals surface area (Å²) in [6.07, 6.45) is 0. The van der Waals surface area contributed by atoms with Crippen LogP contribution in [0.15, 0.2) is 42.5 Å². The highest BCUT2D eigenvalue weighted by Crippen LogP contribution is 2.28. The number of carbonyl (C=O) groups excluding carboxylic acids is 3. The van der Waals surface area contributed by atoms with Gasteiger partial charge in [0.2, 0.25) is 5.91 Å². The topological polar surface area (TPSA) is 103 Å². The number of hydrogen-bond acceptors (Lipinski definition) is 6. The van der Waals surface area contributed by atoms with Crippen molar-refractivity contribution in [2.45, 2.75) is 20.8 Å². The Bertz CT molecular complexity index is 933. The molecule has 0 heterocycles. The standard InChI is InChI=1S/C22H26N2O6/c1-22(2,3)21(27)24-16-8-6-7-15(12-16)23-20(26)14-9-10-17(18(11-14)28-4)30-13-19(25)29-5/h6-12H,13H2,1-5H3,(H,23,26)(H,24,27). The third-order valence-corrected chi connectivity index (χ3v) is 4.06. The van der Waals surface area contributed by atoms with Gasteiger partial charge in [-0.25, -0.2) is 4.79 Å². The molecule has 0 aliphatic carbocycles. The van der Waals surface area contributed by atoms with Gasteiger partial charge in [-0.3, -0.25) is 9.59 Å². The Hall–Kier alpha value is -3.55. The van der Waals surface area contributed by atoms with E-state index in [9.17, 15) is 14.4 Å². The van der Waals surface area contributed by atoms with Gasteiger partial charge < -0.3 is 24.8 Å². The SMILES string of the molecule is COC(=O)COc1ccc(C(=O)Nc2cccc(NC(=O)C(C)(C)C)c2)cc1OC. The molecule has 2 rings (SSSR count). The van der Waals surface area contributed by atoms with Crippen LogP contribution in [0.1, 0.15) is 31.1 Å². The summed E-state index contributed by atoms with van der Waals surface area (Å²) >= 11 is 0. The summed E-state index contributed by atoms with van der Waals surface area (Å²) in [5.74, 6) is -0.410. The Labute approximate surface area is 175 Å². The van der Waals surface area contributed by atoms with Crippen LogP contribution in [0, 0.1) is 5.41 Å². The van der Waals surface area contributed by atoms with Crippen molar-refractivity contribution < 1.29 is 28.6 Å². The number of amides is 2. The Kier molecular flexibility index (Phi) is 7.41. The van der Waals surface area contributed by atoms with Gasteiger partial charge in [0.25, 0.3) is 5.91 Å².